The van der Waals surface area contributed by atoms with E-state index in [1.54, 1.807) is 18.2 Å². The summed E-state index contributed by atoms with van der Waals surface area (Å²) in [6, 6.07) is 14.9. The van der Waals surface area contributed by atoms with Crippen LogP contribution in [0.15, 0.2) is 48.5 Å². The van der Waals surface area contributed by atoms with Gasteiger partial charge in [0.25, 0.3) is 0 Å². The molecule has 0 saturated carbocycles. The topological polar surface area (TPSA) is 61.8 Å². The standard InChI is InChI=1S/C18H19O5P/c1-13(19)22-16-8-9-17(23-14(2)20)18(12-16)24-21-11-10-15-6-4-3-5-7-15/h3-9,12,24H,10-11H2,1-2H3. The Labute approximate surface area is 142 Å². The Bertz CT molecular complexity index is 700. The van der Waals surface area contributed by atoms with Crippen LogP contribution in [0.4, 0.5) is 0 Å². The fourth-order valence-corrected chi connectivity index (χ4v) is 2.80. The van der Waals surface area contributed by atoms with E-state index in [9.17, 15) is 9.59 Å². The molecule has 0 saturated heterocycles. The maximum Gasteiger partial charge on any atom is 0.308 e. The summed E-state index contributed by atoms with van der Waals surface area (Å²) in [4.78, 5) is 22.3. The molecule has 2 aromatic carbocycles. The van der Waals surface area contributed by atoms with Gasteiger partial charge in [0.2, 0.25) is 0 Å². The van der Waals surface area contributed by atoms with Gasteiger partial charge in [-0.25, -0.2) is 0 Å². The highest BCUT2D eigenvalue weighted by Gasteiger charge is 2.10. The van der Waals surface area contributed by atoms with E-state index in [4.69, 9.17) is 14.0 Å². The minimum atomic E-state index is -0.412. The largest absolute Gasteiger partial charge is 0.427 e. The highest BCUT2D eigenvalue weighted by atomic mass is 31.1. The monoisotopic (exact) mass is 346 g/mol. The SMILES string of the molecule is CC(=O)Oc1ccc(OC(C)=O)c(POCCc2ccccc2)c1. The molecule has 0 radical (unpaired) electrons. The summed E-state index contributed by atoms with van der Waals surface area (Å²) in [5, 5.41) is 0.678. The van der Waals surface area contributed by atoms with Gasteiger partial charge in [-0.05, 0) is 30.2 Å². The first-order chi connectivity index (χ1) is 11.5. The van der Waals surface area contributed by atoms with Crippen molar-refractivity contribution in [3.05, 3.63) is 54.1 Å². The van der Waals surface area contributed by atoms with Gasteiger partial charge in [-0.3, -0.25) is 9.59 Å². The summed E-state index contributed by atoms with van der Waals surface area (Å²) in [6.07, 6.45) is 0.792. The van der Waals surface area contributed by atoms with Gasteiger partial charge >= 0.3 is 11.9 Å². The molecule has 1 unspecified atom stereocenters. The average Bonchev–Trinajstić information content (AvgIpc) is 2.54. The Kier molecular flexibility index (Phi) is 6.91. The van der Waals surface area contributed by atoms with E-state index >= 15 is 0 Å². The van der Waals surface area contributed by atoms with Gasteiger partial charge in [0.1, 0.15) is 11.5 Å². The molecule has 2 rings (SSSR count). The summed E-state index contributed by atoms with van der Waals surface area (Å²) in [7, 11) is -0.0210. The van der Waals surface area contributed by atoms with E-state index in [0.717, 1.165) is 6.42 Å². The van der Waals surface area contributed by atoms with Gasteiger partial charge in [0, 0.05) is 28.0 Å². The summed E-state index contributed by atoms with van der Waals surface area (Å²) in [6.45, 7) is 3.21. The summed E-state index contributed by atoms with van der Waals surface area (Å²) < 4.78 is 15.9. The number of hydrogen-bond donors (Lipinski definition) is 0. The van der Waals surface area contributed by atoms with Crippen molar-refractivity contribution in [3.8, 4) is 11.5 Å². The van der Waals surface area contributed by atoms with E-state index in [1.807, 2.05) is 30.3 Å². The molecule has 0 N–H and O–H groups in total. The van der Waals surface area contributed by atoms with Crippen molar-refractivity contribution in [3.63, 3.8) is 0 Å². The van der Waals surface area contributed by atoms with Crippen LogP contribution in [-0.4, -0.2) is 18.5 Å². The summed E-state index contributed by atoms with van der Waals surface area (Å²) >= 11 is 0. The van der Waals surface area contributed by atoms with Crippen LogP contribution in [0, 0.1) is 0 Å². The first kappa shape index (κ1) is 18.1. The summed E-state index contributed by atoms with van der Waals surface area (Å²) in [5.74, 6) is -0.0101. The van der Waals surface area contributed by atoms with Gasteiger partial charge in [-0.1, -0.05) is 30.3 Å². The second kappa shape index (κ2) is 9.16. The molecule has 0 heterocycles. The van der Waals surface area contributed by atoms with Gasteiger partial charge in [0.05, 0.1) is 6.61 Å². The van der Waals surface area contributed by atoms with Crippen molar-refractivity contribution in [1.82, 2.24) is 0 Å². The molecular weight excluding hydrogens is 327 g/mol. The molecule has 0 aliphatic heterocycles. The van der Waals surface area contributed by atoms with E-state index in [1.165, 1.54) is 19.4 Å². The highest BCUT2D eigenvalue weighted by molar-refractivity contribution is 7.42. The molecule has 2 aromatic rings. The van der Waals surface area contributed by atoms with Gasteiger partial charge in [-0.15, -0.1) is 0 Å². The van der Waals surface area contributed by atoms with Gasteiger partial charge < -0.3 is 14.0 Å². The Balaban J connectivity index is 1.99. The quantitative estimate of drug-likeness (QED) is 0.334. The Morgan fingerprint density at radius 2 is 1.67 bits per heavy atom. The third-order valence-corrected chi connectivity index (χ3v) is 3.94. The van der Waals surface area contributed by atoms with Crippen LogP contribution in [0.2, 0.25) is 0 Å². The molecule has 0 spiro atoms. The van der Waals surface area contributed by atoms with E-state index < -0.39 is 11.9 Å². The third kappa shape index (κ3) is 6.11. The van der Waals surface area contributed by atoms with Gasteiger partial charge in [-0.2, -0.15) is 0 Å². The summed E-state index contributed by atoms with van der Waals surface area (Å²) in [5.41, 5.74) is 1.19. The number of ether oxygens (including phenoxy) is 2. The maximum absolute atomic E-state index is 11.2. The first-order valence-corrected chi connectivity index (χ1v) is 8.38. The molecule has 5 nitrogen and oxygen atoms in total. The van der Waals surface area contributed by atoms with Crippen LogP contribution in [0.1, 0.15) is 19.4 Å². The number of hydrogen-bond acceptors (Lipinski definition) is 5. The highest BCUT2D eigenvalue weighted by Crippen LogP contribution is 2.25. The molecule has 1 atom stereocenters. The van der Waals surface area contributed by atoms with E-state index in [0.29, 0.717) is 23.4 Å². The Morgan fingerprint density at radius 3 is 2.33 bits per heavy atom. The lowest BCUT2D eigenvalue weighted by Crippen LogP contribution is -2.11. The van der Waals surface area contributed by atoms with Crippen molar-refractivity contribution < 1.29 is 23.6 Å². The normalized spacial score (nSPS) is 10.8. The van der Waals surface area contributed by atoms with E-state index in [-0.39, 0.29) is 8.81 Å². The molecule has 0 bridgehead atoms. The first-order valence-electron chi connectivity index (χ1n) is 7.47. The number of esters is 2. The molecule has 0 aliphatic carbocycles. The van der Waals surface area contributed by atoms with E-state index in [2.05, 4.69) is 0 Å². The fourth-order valence-electron chi connectivity index (χ4n) is 2.00. The Morgan fingerprint density at radius 1 is 0.958 bits per heavy atom. The van der Waals surface area contributed by atoms with Crippen LogP contribution >= 0.6 is 8.81 Å². The van der Waals surface area contributed by atoms with Crippen molar-refractivity contribution in [2.75, 3.05) is 6.61 Å². The lowest BCUT2D eigenvalue weighted by molar-refractivity contribution is -0.133. The van der Waals surface area contributed by atoms with Crippen LogP contribution in [0.25, 0.3) is 0 Å². The minimum absolute atomic E-state index is 0.0210. The van der Waals surface area contributed by atoms with Crippen molar-refractivity contribution in [2.45, 2.75) is 20.3 Å². The number of carbonyl (C=O) groups excluding carboxylic acids is 2. The number of carbonyl (C=O) groups is 2. The van der Waals surface area contributed by atoms with Crippen molar-refractivity contribution in [1.29, 1.82) is 0 Å². The van der Waals surface area contributed by atoms with Crippen molar-refractivity contribution in [2.24, 2.45) is 0 Å². The molecule has 0 aromatic heterocycles. The Hall–Kier alpha value is -2.23. The molecular formula is C18H19O5P. The van der Waals surface area contributed by atoms with Crippen LogP contribution < -0.4 is 14.8 Å². The molecule has 0 fully saturated rings. The predicted octanol–water partition coefficient (Wildman–Crippen LogP) is 3.02. The molecule has 126 valence electrons. The molecule has 24 heavy (non-hydrogen) atoms. The molecule has 6 heteroatoms. The second-order valence-corrected chi connectivity index (χ2v) is 6.06. The second-order valence-electron chi connectivity index (χ2n) is 5.03. The predicted molar refractivity (Wildman–Crippen MR) is 93.1 cm³/mol. The lowest BCUT2D eigenvalue weighted by atomic mass is 10.2. The van der Waals surface area contributed by atoms with Crippen LogP contribution in [0.5, 0.6) is 11.5 Å². The smallest absolute Gasteiger partial charge is 0.308 e. The fraction of sp³-hybridized carbons (Fsp3) is 0.222. The zero-order valence-electron chi connectivity index (χ0n) is 13.6. The average molecular weight is 346 g/mol. The molecule has 0 amide bonds. The maximum atomic E-state index is 11.2. The number of benzene rings is 2. The molecule has 0 aliphatic rings. The van der Waals surface area contributed by atoms with Crippen LogP contribution in [-0.2, 0) is 20.5 Å². The third-order valence-electron chi connectivity index (χ3n) is 2.98. The zero-order valence-corrected chi connectivity index (χ0v) is 14.6. The minimum Gasteiger partial charge on any atom is -0.427 e. The van der Waals surface area contributed by atoms with Gasteiger partial charge in [0.15, 0.2) is 0 Å². The zero-order chi connectivity index (χ0) is 17.4. The number of rotatable bonds is 7. The van der Waals surface area contributed by atoms with Crippen LogP contribution in [0.3, 0.4) is 0 Å². The lowest BCUT2D eigenvalue weighted by Gasteiger charge is -2.11. The van der Waals surface area contributed by atoms with Crippen molar-refractivity contribution >= 4 is 26.1 Å².